The Kier molecular flexibility index (Phi) is 7.38. The van der Waals surface area contributed by atoms with Gasteiger partial charge in [-0.25, -0.2) is 0 Å². The number of likely N-dealkylation sites (tertiary alicyclic amines) is 1. The minimum Gasteiger partial charge on any atom is -0.341 e. The summed E-state index contributed by atoms with van der Waals surface area (Å²) in [5.74, 6) is 1.05. The van der Waals surface area contributed by atoms with E-state index < -0.39 is 0 Å². The van der Waals surface area contributed by atoms with Gasteiger partial charge in [-0.3, -0.25) is 4.79 Å². The minimum atomic E-state index is 0. The summed E-state index contributed by atoms with van der Waals surface area (Å²) in [6.07, 6.45) is 8.27. The van der Waals surface area contributed by atoms with Gasteiger partial charge in [-0.1, -0.05) is 30.3 Å². The van der Waals surface area contributed by atoms with Crippen molar-refractivity contribution in [2.75, 3.05) is 19.6 Å². The van der Waals surface area contributed by atoms with Crippen molar-refractivity contribution in [3.63, 3.8) is 0 Å². The van der Waals surface area contributed by atoms with Gasteiger partial charge in [0, 0.05) is 13.1 Å². The lowest BCUT2D eigenvalue weighted by Gasteiger charge is -2.34. The zero-order valence-electron chi connectivity index (χ0n) is 13.9. The van der Waals surface area contributed by atoms with Gasteiger partial charge in [0.2, 0.25) is 5.91 Å². The van der Waals surface area contributed by atoms with Crippen molar-refractivity contribution in [2.24, 2.45) is 5.92 Å². The van der Waals surface area contributed by atoms with Gasteiger partial charge < -0.3 is 10.2 Å². The summed E-state index contributed by atoms with van der Waals surface area (Å²) in [7, 11) is 0. The van der Waals surface area contributed by atoms with Gasteiger partial charge in [0.1, 0.15) is 0 Å². The van der Waals surface area contributed by atoms with E-state index in [1.54, 1.807) is 0 Å². The third-order valence-electron chi connectivity index (χ3n) is 5.11. The normalized spacial score (nSPS) is 24.3. The molecule has 4 heteroatoms. The molecule has 1 aromatic carbocycles. The predicted octanol–water partition coefficient (Wildman–Crippen LogP) is 3.42. The molecule has 128 valence electrons. The largest absolute Gasteiger partial charge is 0.341 e. The van der Waals surface area contributed by atoms with Gasteiger partial charge in [0.25, 0.3) is 0 Å². The molecule has 0 aromatic heterocycles. The Morgan fingerprint density at radius 1 is 1.17 bits per heavy atom. The van der Waals surface area contributed by atoms with Crippen LogP contribution in [0.25, 0.3) is 0 Å². The van der Waals surface area contributed by atoms with E-state index in [-0.39, 0.29) is 18.4 Å². The number of nitrogens with zero attached hydrogens (tertiary/aromatic N) is 1. The number of amides is 1. The number of rotatable bonds is 5. The molecule has 3 rings (SSSR count). The Bertz CT molecular complexity index is 474. The fourth-order valence-corrected chi connectivity index (χ4v) is 3.86. The molecule has 2 unspecified atom stereocenters. The molecule has 2 atom stereocenters. The van der Waals surface area contributed by atoms with E-state index in [1.807, 2.05) is 0 Å². The first-order chi connectivity index (χ1) is 10.8. The third kappa shape index (κ3) is 5.22. The number of halogens is 1. The highest BCUT2D eigenvalue weighted by molar-refractivity contribution is 5.85. The van der Waals surface area contributed by atoms with Gasteiger partial charge in [0.15, 0.2) is 0 Å². The number of aryl methyl sites for hydroxylation is 1. The molecule has 0 bridgehead atoms. The smallest absolute Gasteiger partial charge is 0.239 e. The van der Waals surface area contributed by atoms with Crippen LogP contribution in [0.3, 0.4) is 0 Å². The fourth-order valence-electron chi connectivity index (χ4n) is 3.86. The van der Waals surface area contributed by atoms with Gasteiger partial charge in [0.05, 0.1) is 6.04 Å². The first kappa shape index (κ1) is 18.3. The first-order valence-corrected chi connectivity index (χ1v) is 8.89. The summed E-state index contributed by atoms with van der Waals surface area (Å²) in [4.78, 5) is 14.6. The highest BCUT2D eigenvalue weighted by atomic mass is 35.5. The molecular formula is C19H29ClN2O. The monoisotopic (exact) mass is 336 g/mol. The Labute approximate surface area is 146 Å². The van der Waals surface area contributed by atoms with Gasteiger partial charge in [-0.15, -0.1) is 12.4 Å². The van der Waals surface area contributed by atoms with Gasteiger partial charge in [-0.2, -0.15) is 0 Å². The van der Waals surface area contributed by atoms with Crippen LogP contribution >= 0.6 is 12.4 Å². The number of piperidine rings is 1. The molecule has 0 aliphatic carbocycles. The van der Waals surface area contributed by atoms with Crippen LogP contribution in [0, 0.1) is 5.92 Å². The molecule has 2 fully saturated rings. The number of hydrogen-bond donors (Lipinski definition) is 1. The van der Waals surface area contributed by atoms with Crippen LogP contribution in [-0.2, 0) is 11.2 Å². The predicted molar refractivity (Wildman–Crippen MR) is 97.0 cm³/mol. The summed E-state index contributed by atoms with van der Waals surface area (Å²) in [5.41, 5.74) is 1.43. The van der Waals surface area contributed by atoms with E-state index in [9.17, 15) is 4.79 Å². The van der Waals surface area contributed by atoms with Crippen molar-refractivity contribution in [1.82, 2.24) is 10.2 Å². The molecule has 0 saturated carbocycles. The van der Waals surface area contributed by atoms with E-state index in [4.69, 9.17) is 0 Å². The molecule has 0 radical (unpaired) electrons. The second kappa shape index (κ2) is 9.29. The maximum absolute atomic E-state index is 12.5. The second-order valence-electron chi connectivity index (χ2n) is 6.82. The van der Waals surface area contributed by atoms with E-state index in [2.05, 4.69) is 40.5 Å². The number of hydrogen-bond acceptors (Lipinski definition) is 2. The number of benzene rings is 1. The Balaban J connectivity index is 0.00000192. The fraction of sp³-hybridized carbons (Fsp3) is 0.632. The van der Waals surface area contributed by atoms with Crippen molar-refractivity contribution in [3.8, 4) is 0 Å². The lowest BCUT2D eigenvalue weighted by molar-refractivity contribution is -0.134. The van der Waals surface area contributed by atoms with Crippen molar-refractivity contribution in [1.29, 1.82) is 0 Å². The van der Waals surface area contributed by atoms with Crippen molar-refractivity contribution >= 4 is 18.3 Å². The third-order valence-corrected chi connectivity index (χ3v) is 5.11. The first-order valence-electron chi connectivity index (χ1n) is 8.89. The Hall–Kier alpha value is -1.06. The summed E-state index contributed by atoms with van der Waals surface area (Å²) >= 11 is 0. The zero-order valence-corrected chi connectivity index (χ0v) is 14.7. The molecule has 23 heavy (non-hydrogen) atoms. The summed E-state index contributed by atoms with van der Waals surface area (Å²) in [6, 6.07) is 10.8. The summed E-state index contributed by atoms with van der Waals surface area (Å²) < 4.78 is 0. The quantitative estimate of drug-likeness (QED) is 0.893. The molecule has 3 nitrogen and oxygen atoms in total. The average molecular weight is 337 g/mol. The molecule has 1 amide bonds. The molecule has 1 N–H and O–H groups in total. The van der Waals surface area contributed by atoms with E-state index in [0.29, 0.717) is 11.8 Å². The lowest BCUT2D eigenvalue weighted by Crippen LogP contribution is -2.47. The molecule has 1 aromatic rings. The highest BCUT2D eigenvalue weighted by Crippen LogP contribution is 2.23. The van der Waals surface area contributed by atoms with Gasteiger partial charge in [-0.05, 0) is 63.0 Å². The van der Waals surface area contributed by atoms with Crippen molar-refractivity contribution in [3.05, 3.63) is 35.9 Å². The number of nitrogens with one attached hydrogen (secondary N) is 1. The van der Waals surface area contributed by atoms with E-state index in [1.165, 1.54) is 31.2 Å². The summed E-state index contributed by atoms with van der Waals surface area (Å²) in [5, 5.41) is 3.34. The maximum Gasteiger partial charge on any atom is 0.239 e. The SMILES string of the molecule is Cl.O=C(C1CCCN1)N1CCCC(CCCc2ccccc2)C1. The molecular weight excluding hydrogens is 308 g/mol. The van der Waals surface area contributed by atoms with Crippen LogP contribution in [0.15, 0.2) is 30.3 Å². The maximum atomic E-state index is 12.5. The van der Waals surface area contributed by atoms with Gasteiger partial charge >= 0.3 is 0 Å². The molecule has 0 spiro atoms. The molecule has 2 heterocycles. The zero-order chi connectivity index (χ0) is 15.2. The van der Waals surface area contributed by atoms with Crippen LogP contribution in [0.2, 0.25) is 0 Å². The Morgan fingerprint density at radius 2 is 2.00 bits per heavy atom. The second-order valence-corrected chi connectivity index (χ2v) is 6.82. The highest BCUT2D eigenvalue weighted by Gasteiger charge is 2.30. The molecule has 2 aliphatic rings. The average Bonchev–Trinajstić information content (AvgIpc) is 3.10. The number of carbonyl (C=O) groups is 1. The topological polar surface area (TPSA) is 32.3 Å². The van der Waals surface area contributed by atoms with Crippen LogP contribution in [-0.4, -0.2) is 36.5 Å². The molecule has 2 saturated heterocycles. The van der Waals surface area contributed by atoms with E-state index >= 15 is 0 Å². The number of carbonyl (C=O) groups excluding carboxylic acids is 1. The van der Waals surface area contributed by atoms with Crippen LogP contribution in [0.1, 0.15) is 44.1 Å². The van der Waals surface area contributed by atoms with Crippen molar-refractivity contribution in [2.45, 2.75) is 51.0 Å². The minimum absolute atomic E-state index is 0. The Morgan fingerprint density at radius 3 is 2.74 bits per heavy atom. The van der Waals surface area contributed by atoms with E-state index in [0.717, 1.165) is 38.9 Å². The summed E-state index contributed by atoms with van der Waals surface area (Å²) in [6.45, 7) is 2.95. The standard InChI is InChI=1S/C19H28N2O.ClH/c22-19(18-12-5-13-20-18)21-14-6-11-17(15-21)10-4-9-16-7-2-1-3-8-16;/h1-3,7-8,17-18,20H,4-6,9-15H2;1H. The lowest BCUT2D eigenvalue weighted by atomic mass is 9.91. The van der Waals surface area contributed by atoms with Crippen LogP contribution in [0.4, 0.5) is 0 Å². The molecule has 2 aliphatic heterocycles. The van der Waals surface area contributed by atoms with Crippen LogP contribution in [0.5, 0.6) is 0 Å². The van der Waals surface area contributed by atoms with Crippen molar-refractivity contribution < 1.29 is 4.79 Å². The van der Waals surface area contributed by atoms with Crippen LogP contribution < -0.4 is 5.32 Å².